The van der Waals surface area contributed by atoms with Crippen molar-refractivity contribution in [3.63, 3.8) is 0 Å². The fourth-order valence-corrected chi connectivity index (χ4v) is 3.02. The van der Waals surface area contributed by atoms with Crippen molar-refractivity contribution in [2.45, 2.75) is 52.0 Å². The standard InChI is InChI=1S/C15H19N3O2/c1-9-8-10(2)18(17-9)13-12(14(19)15(13)20)16-11-6-4-3-5-7-11/h8,11,16H,3-7H2,1-2H3. The molecule has 2 aromatic rings. The lowest BCUT2D eigenvalue weighted by molar-refractivity contribution is 0.462. The van der Waals surface area contributed by atoms with Crippen molar-refractivity contribution in [3.8, 4) is 5.69 Å². The first kappa shape index (κ1) is 13.1. The van der Waals surface area contributed by atoms with Crippen molar-refractivity contribution in [2.24, 2.45) is 0 Å². The van der Waals surface area contributed by atoms with Gasteiger partial charge in [0.1, 0.15) is 11.4 Å². The normalized spacial score (nSPS) is 16.7. The number of hydrogen-bond donors (Lipinski definition) is 1. The van der Waals surface area contributed by atoms with Gasteiger partial charge in [0.2, 0.25) is 0 Å². The Hall–Kier alpha value is -1.91. The van der Waals surface area contributed by atoms with Gasteiger partial charge in [-0.3, -0.25) is 9.59 Å². The molecule has 1 fully saturated rings. The summed E-state index contributed by atoms with van der Waals surface area (Å²) in [4.78, 5) is 23.7. The van der Waals surface area contributed by atoms with Crippen LogP contribution in [0.4, 0.5) is 5.69 Å². The van der Waals surface area contributed by atoms with Gasteiger partial charge in [0, 0.05) is 11.7 Å². The minimum absolute atomic E-state index is 0.308. The highest BCUT2D eigenvalue weighted by molar-refractivity contribution is 5.67. The molecule has 20 heavy (non-hydrogen) atoms. The van der Waals surface area contributed by atoms with Gasteiger partial charge in [-0.25, -0.2) is 4.68 Å². The summed E-state index contributed by atoms with van der Waals surface area (Å²) in [5.74, 6) is 0. The Morgan fingerprint density at radius 3 is 2.45 bits per heavy atom. The van der Waals surface area contributed by atoms with E-state index in [1.165, 1.54) is 19.3 Å². The van der Waals surface area contributed by atoms with Gasteiger partial charge < -0.3 is 5.32 Å². The predicted octanol–water partition coefficient (Wildman–Crippen LogP) is 1.83. The zero-order valence-corrected chi connectivity index (χ0v) is 11.9. The minimum atomic E-state index is -0.436. The maximum absolute atomic E-state index is 11.9. The average molecular weight is 273 g/mol. The maximum atomic E-state index is 11.9. The van der Waals surface area contributed by atoms with E-state index < -0.39 is 10.9 Å². The van der Waals surface area contributed by atoms with Gasteiger partial charge >= 0.3 is 0 Å². The van der Waals surface area contributed by atoms with Crippen LogP contribution < -0.4 is 16.2 Å². The number of rotatable bonds is 3. The van der Waals surface area contributed by atoms with Crippen molar-refractivity contribution in [2.75, 3.05) is 5.32 Å². The molecule has 1 aliphatic rings. The summed E-state index contributed by atoms with van der Waals surface area (Å²) >= 11 is 0. The lowest BCUT2D eigenvalue weighted by Gasteiger charge is -2.25. The third-order valence-corrected chi connectivity index (χ3v) is 4.06. The van der Waals surface area contributed by atoms with E-state index in [0.29, 0.717) is 17.4 Å². The Morgan fingerprint density at radius 2 is 1.85 bits per heavy atom. The summed E-state index contributed by atoms with van der Waals surface area (Å²) in [5.41, 5.74) is 1.74. The Morgan fingerprint density at radius 1 is 1.15 bits per heavy atom. The van der Waals surface area contributed by atoms with E-state index >= 15 is 0 Å². The fraction of sp³-hybridized carbons (Fsp3) is 0.533. The van der Waals surface area contributed by atoms with Crippen LogP contribution in [0, 0.1) is 13.8 Å². The zero-order chi connectivity index (χ0) is 14.3. The van der Waals surface area contributed by atoms with Crippen LogP contribution in [-0.2, 0) is 0 Å². The minimum Gasteiger partial charge on any atom is -0.377 e. The number of aryl methyl sites for hydroxylation is 2. The number of nitrogens with zero attached hydrogens (tertiary/aromatic N) is 2. The largest absolute Gasteiger partial charge is 0.377 e. The molecule has 0 unspecified atom stereocenters. The van der Waals surface area contributed by atoms with Crippen LogP contribution in [0.25, 0.3) is 5.69 Å². The molecule has 5 heteroatoms. The van der Waals surface area contributed by atoms with Crippen LogP contribution in [0.5, 0.6) is 0 Å². The second kappa shape index (κ2) is 4.89. The van der Waals surface area contributed by atoms with Crippen molar-refractivity contribution in [1.82, 2.24) is 9.78 Å². The Kier molecular flexibility index (Phi) is 3.20. The summed E-state index contributed by atoms with van der Waals surface area (Å²) in [6.07, 6.45) is 5.75. The van der Waals surface area contributed by atoms with Gasteiger partial charge in [-0.1, -0.05) is 19.3 Å². The summed E-state index contributed by atoms with van der Waals surface area (Å²) < 4.78 is 1.59. The number of anilines is 1. The zero-order valence-electron chi connectivity index (χ0n) is 11.9. The predicted molar refractivity (Wildman–Crippen MR) is 78.4 cm³/mol. The third-order valence-electron chi connectivity index (χ3n) is 4.06. The molecule has 1 N–H and O–H groups in total. The van der Waals surface area contributed by atoms with E-state index in [4.69, 9.17) is 0 Å². The van der Waals surface area contributed by atoms with Crippen LogP contribution in [0.15, 0.2) is 15.7 Å². The highest BCUT2D eigenvalue weighted by Crippen LogP contribution is 2.23. The maximum Gasteiger partial charge on any atom is 0.255 e. The second-order valence-corrected chi connectivity index (χ2v) is 5.70. The van der Waals surface area contributed by atoms with Crippen LogP contribution in [0.2, 0.25) is 0 Å². The summed E-state index contributed by atoms with van der Waals surface area (Å²) in [5, 5.41) is 7.58. The Labute approximate surface area is 117 Å². The number of aromatic nitrogens is 2. The van der Waals surface area contributed by atoms with Gasteiger partial charge in [0.25, 0.3) is 10.9 Å². The molecule has 0 spiro atoms. The molecular formula is C15H19N3O2. The van der Waals surface area contributed by atoms with Crippen LogP contribution >= 0.6 is 0 Å². The molecule has 0 atom stereocenters. The molecule has 1 aromatic heterocycles. The van der Waals surface area contributed by atoms with E-state index in [-0.39, 0.29) is 0 Å². The lowest BCUT2D eigenvalue weighted by atomic mass is 9.95. The first-order valence-corrected chi connectivity index (χ1v) is 7.21. The highest BCUT2D eigenvalue weighted by Gasteiger charge is 2.26. The van der Waals surface area contributed by atoms with E-state index in [0.717, 1.165) is 24.2 Å². The molecule has 5 nitrogen and oxygen atoms in total. The summed E-state index contributed by atoms with van der Waals surface area (Å²) in [7, 11) is 0. The number of hydrogen-bond acceptors (Lipinski definition) is 4. The van der Waals surface area contributed by atoms with Gasteiger partial charge in [0.15, 0.2) is 0 Å². The van der Waals surface area contributed by atoms with Crippen molar-refractivity contribution in [1.29, 1.82) is 0 Å². The topological polar surface area (TPSA) is 64.0 Å². The smallest absolute Gasteiger partial charge is 0.255 e. The molecule has 0 aliphatic heterocycles. The van der Waals surface area contributed by atoms with E-state index in [9.17, 15) is 9.59 Å². The van der Waals surface area contributed by atoms with Gasteiger partial charge in [-0.05, 0) is 32.8 Å². The summed E-state index contributed by atoms with van der Waals surface area (Å²) in [6.45, 7) is 3.77. The molecule has 1 aromatic carbocycles. The monoisotopic (exact) mass is 273 g/mol. The first-order valence-electron chi connectivity index (χ1n) is 7.21. The van der Waals surface area contributed by atoms with Crippen molar-refractivity contribution in [3.05, 3.63) is 37.9 Å². The molecule has 0 radical (unpaired) electrons. The Bertz CT molecular complexity index is 701. The summed E-state index contributed by atoms with van der Waals surface area (Å²) in [6, 6.07) is 2.21. The Balaban J connectivity index is 1.93. The third kappa shape index (κ3) is 2.07. The van der Waals surface area contributed by atoms with Gasteiger partial charge in [-0.15, -0.1) is 0 Å². The van der Waals surface area contributed by atoms with Crippen molar-refractivity contribution >= 4 is 5.69 Å². The van der Waals surface area contributed by atoms with Crippen LogP contribution in [-0.4, -0.2) is 15.8 Å². The van der Waals surface area contributed by atoms with E-state index in [2.05, 4.69) is 10.4 Å². The fourth-order valence-electron chi connectivity index (χ4n) is 3.02. The second-order valence-electron chi connectivity index (χ2n) is 5.70. The molecule has 0 amide bonds. The van der Waals surface area contributed by atoms with Gasteiger partial charge in [-0.2, -0.15) is 5.10 Å². The quantitative estimate of drug-likeness (QED) is 0.867. The van der Waals surface area contributed by atoms with Crippen LogP contribution in [0.1, 0.15) is 43.5 Å². The molecular weight excluding hydrogens is 254 g/mol. The average Bonchev–Trinajstić information content (AvgIpc) is 2.77. The van der Waals surface area contributed by atoms with Gasteiger partial charge in [0.05, 0.1) is 5.69 Å². The number of nitrogens with one attached hydrogen (secondary N) is 1. The molecule has 0 saturated heterocycles. The molecule has 3 rings (SSSR count). The molecule has 0 bridgehead atoms. The molecule has 1 aliphatic carbocycles. The van der Waals surface area contributed by atoms with E-state index in [1.807, 2.05) is 19.9 Å². The molecule has 106 valence electrons. The van der Waals surface area contributed by atoms with E-state index in [1.54, 1.807) is 4.68 Å². The molecule has 1 heterocycles. The SMILES string of the molecule is Cc1cc(C)n(-c2c(NC3CCCCC3)c(=O)c2=O)n1. The highest BCUT2D eigenvalue weighted by atomic mass is 16.2. The van der Waals surface area contributed by atoms with Crippen molar-refractivity contribution < 1.29 is 0 Å². The van der Waals surface area contributed by atoms with Crippen LogP contribution in [0.3, 0.4) is 0 Å². The lowest BCUT2D eigenvalue weighted by Crippen LogP contribution is -2.41. The first-order chi connectivity index (χ1) is 9.58. The molecule has 1 saturated carbocycles.